The molecule has 14 heavy (non-hydrogen) atoms. The molecule has 1 heterocycles. The summed E-state index contributed by atoms with van der Waals surface area (Å²) in [6, 6.07) is 0. The Morgan fingerprint density at radius 2 is 2.50 bits per heavy atom. The Balaban J connectivity index is 2.44. The lowest BCUT2D eigenvalue weighted by molar-refractivity contribution is -0.385. The summed E-state index contributed by atoms with van der Waals surface area (Å²) in [4.78, 5) is 20.3. The molecule has 0 aliphatic heterocycles. The van der Waals surface area contributed by atoms with Gasteiger partial charge in [-0.2, -0.15) is 5.10 Å². The van der Waals surface area contributed by atoms with E-state index in [0.717, 1.165) is 0 Å². The number of carbonyl (C=O) groups is 1. The topological polar surface area (TPSA) is 90.1 Å². The van der Waals surface area contributed by atoms with Gasteiger partial charge in [0.1, 0.15) is 12.4 Å². The van der Waals surface area contributed by atoms with E-state index in [9.17, 15) is 14.9 Å². The Labute approximate surface area is 79.9 Å². The second kappa shape index (κ2) is 4.35. The zero-order chi connectivity index (χ0) is 10.6. The third kappa shape index (κ3) is 2.85. The van der Waals surface area contributed by atoms with Gasteiger partial charge < -0.3 is 5.32 Å². The number of nitrogens with one attached hydrogen (secondary N) is 1. The van der Waals surface area contributed by atoms with Gasteiger partial charge in [0.15, 0.2) is 0 Å². The van der Waals surface area contributed by atoms with Crippen molar-refractivity contribution in [3.8, 4) is 0 Å². The summed E-state index contributed by atoms with van der Waals surface area (Å²) in [6.45, 7) is 2.24. The molecule has 0 atom stereocenters. The number of aromatic nitrogens is 2. The molecule has 0 spiro atoms. The molecule has 1 aromatic heterocycles. The van der Waals surface area contributed by atoms with Crippen LogP contribution in [0, 0.1) is 10.1 Å². The van der Waals surface area contributed by atoms with Crippen molar-refractivity contribution in [1.82, 2.24) is 15.1 Å². The van der Waals surface area contributed by atoms with E-state index >= 15 is 0 Å². The molecular weight excluding hydrogens is 188 g/mol. The van der Waals surface area contributed by atoms with Crippen LogP contribution in [-0.2, 0) is 11.3 Å². The molecule has 1 amide bonds. The van der Waals surface area contributed by atoms with E-state index in [0.29, 0.717) is 13.1 Å². The molecule has 1 N–H and O–H groups in total. The van der Waals surface area contributed by atoms with Gasteiger partial charge in [-0.1, -0.05) is 0 Å². The quantitative estimate of drug-likeness (QED) is 0.541. The second-order valence-corrected chi connectivity index (χ2v) is 2.70. The Morgan fingerprint density at radius 3 is 3.00 bits per heavy atom. The lowest BCUT2D eigenvalue weighted by Gasteiger charge is -2.00. The van der Waals surface area contributed by atoms with Crippen LogP contribution in [-0.4, -0.2) is 27.2 Å². The maximum atomic E-state index is 10.5. The molecule has 0 bridgehead atoms. The normalized spacial score (nSPS) is 9.79. The van der Waals surface area contributed by atoms with Gasteiger partial charge in [0.25, 0.3) is 0 Å². The largest absolute Gasteiger partial charge is 0.354 e. The van der Waals surface area contributed by atoms with Crippen LogP contribution < -0.4 is 5.32 Å². The fraction of sp³-hybridized carbons (Fsp3) is 0.429. The number of nitrogens with zero attached hydrogens (tertiary/aromatic N) is 3. The van der Waals surface area contributed by atoms with Gasteiger partial charge in [-0.15, -0.1) is 0 Å². The smallest absolute Gasteiger partial charge is 0.306 e. The van der Waals surface area contributed by atoms with Crippen molar-refractivity contribution in [2.45, 2.75) is 13.5 Å². The number of amides is 1. The Bertz CT molecular complexity index is 346. The number of carbonyl (C=O) groups excluding carboxylic acids is 1. The van der Waals surface area contributed by atoms with Crippen LogP contribution >= 0.6 is 0 Å². The van der Waals surface area contributed by atoms with Crippen LogP contribution in [0.15, 0.2) is 12.4 Å². The van der Waals surface area contributed by atoms with Gasteiger partial charge in [-0.25, -0.2) is 0 Å². The number of nitro groups is 1. The minimum Gasteiger partial charge on any atom is -0.354 e. The minimum absolute atomic E-state index is 0.0483. The average molecular weight is 198 g/mol. The maximum Gasteiger partial charge on any atom is 0.306 e. The van der Waals surface area contributed by atoms with Crippen molar-refractivity contribution in [3.63, 3.8) is 0 Å². The van der Waals surface area contributed by atoms with Gasteiger partial charge in [0, 0.05) is 13.5 Å². The molecule has 0 unspecified atom stereocenters. The summed E-state index contributed by atoms with van der Waals surface area (Å²) in [5.74, 6) is -0.133. The molecule has 0 fully saturated rings. The van der Waals surface area contributed by atoms with Crippen LogP contribution in [0.5, 0.6) is 0 Å². The Kier molecular flexibility index (Phi) is 3.16. The molecule has 0 saturated heterocycles. The first-order valence-electron chi connectivity index (χ1n) is 4.01. The summed E-state index contributed by atoms with van der Waals surface area (Å²) in [5, 5.41) is 16.6. The highest BCUT2D eigenvalue weighted by atomic mass is 16.6. The SMILES string of the molecule is CC(=O)NCCn1cc([N+](=O)[O-])cn1. The van der Waals surface area contributed by atoms with E-state index in [1.807, 2.05) is 0 Å². The van der Waals surface area contributed by atoms with Gasteiger partial charge in [-0.3, -0.25) is 19.6 Å². The highest BCUT2D eigenvalue weighted by Gasteiger charge is 2.07. The van der Waals surface area contributed by atoms with Gasteiger partial charge >= 0.3 is 5.69 Å². The van der Waals surface area contributed by atoms with E-state index in [4.69, 9.17) is 0 Å². The summed E-state index contributed by atoms with van der Waals surface area (Å²) in [6.07, 6.45) is 2.50. The fourth-order valence-corrected chi connectivity index (χ4v) is 0.916. The predicted molar refractivity (Wildman–Crippen MR) is 47.6 cm³/mol. The zero-order valence-electron chi connectivity index (χ0n) is 7.64. The molecular formula is C7H10N4O3. The molecule has 7 nitrogen and oxygen atoms in total. The van der Waals surface area contributed by atoms with E-state index in [2.05, 4.69) is 10.4 Å². The molecule has 0 aromatic carbocycles. The molecule has 0 saturated carbocycles. The number of hydrogen-bond donors (Lipinski definition) is 1. The Hall–Kier alpha value is -1.92. The standard InChI is InChI=1S/C7H10N4O3/c1-6(12)8-2-3-10-5-7(4-9-10)11(13)14/h4-5H,2-3H2,1H3,(H,8,12). The Morgan fingerprint density at radius 1 is 1.79 bits per heavy atom. The summed E-state index contributed by atoms with van der Waals surface area (Å²) >= 11 is 0. The lowest BCUT2D eigenvalue weighted by atomic mass is 10.5. The molecule has 76 valence electrons. The first-order chi connectivity index (χ1) is 6.59. The van der Waals surface area contributed by atoms with E-state index in [-0.39, 0.29) is 11.6 Å². The van der Waals surface area contributed by atoms with Crippen molar-refractivity contribution < 1.29 is 9.72 Å². The molecule has 0 aliphatic carbocycles. The maximum absolute atomic E-state index is 10.5. The van der Waals surface area contributed by atoms with Crippen LogP contribution in [0.4, 0.5) is 5.69 Å². The predicted octanol–water partition coefficient (Wildman–Crippen LogP) is -0.0726. The fourth-order valence-electron chi connectivity index (χ4n) is 0.916. The van der Waals surface area contributed by atoms with E-state index in [1.165, 1.54) is 24.0 Å². The highest BCUT2D eigenvalue weighted by molar-refractivity contribution is 5.72. The van der Waals surface area contributed by atoms with Crippen molar-refractivity contribution in [1.29, 1.82) is 0 Å². The molecule has 7 heteroatoms. The van der Waals surface area contributed by atoms with E-state index in [1.54, 1.807) is 0 Å². The molecule has 0 aliphatic rings. The highest BCUT2D eigenvalue weighted by Crippen LogP contribution is 2.06. The third-order valence-corrected chi connectivity index (χ3v) is 1.55. The van der Waals surface area contributed by atoms with Crippen molar-refractivity contribution in [2.24, 2.45) is 0 Å². The van der Waals surface area contributed by atoms with Crippen molar-refractivity contribution in [3.05, 3.63) is 22.5 Å². The first-order valence-corrected chi connectivity index (χ1v) is 4.01. The number of hydrogen-bond acceptors (Lipinski definition) is 4. The monoisotopic (exact) mass is 198 g/mol. The van der Waals surface area contributed by atoms with Crippen LogP contribution in [0.25, 0.3) is 0 Å². The summed E-state index contributed by atoms with van der Waals surface area (Å²) in [7, 11) is 0. The van der Waals surface area contributed by atoms with Gasteiger partial charge in [-0.05, 0) is 0 Å². The third-order valence-electron chi connectivity index (χ3n) is 1.55. The van der Waals surface area contributed by atoms with Crippen LogP contribution in [0.1, 0.15) is 6.92 Å². The first kappa shape index (κ1) is 10.2. The van der Waals surface area contributed by atoms with Crippen LogP contribution in [0.2, 0.25) is 0 Å². The summed E-state index contributed by atoms with van der Waals surface area (Å²) < 4.78 is 1.41. The molecule has 0 radical (unpaired) electrons. The van der Waals surface area contributed by atoms with Crippen LogP contribution in [0.3, 0.4) is 0 Å². The summed E-state index contributed by atoms with van der Waals surface area (Å²) in [5.41, 5.74) is -0.0483. The van der Waals surface area contributed by atoms with Crippen molar-refractivity contribution in [2.75, 3.05) is 6.54 Å². The molecule has 1 rings (SSSR count). The van der Waals surface area contributed by atoms with Gasteiger partial charge in [0.05, 0.1) is 11.5 Å². The lowest BCUT2D eigenvalue weighted by Crippen LogP contribution is -2.24. The average Bonchev–Trinajstić information content (AvgIpc) is 2.52. The number of rotatable bonds is 4. The van der Waals surface area contributed by atoms with E-state index < -0.39 is 4.92 Å². The van der Waals surface area contributed by atoms with Crippen molar-refractivity contribution >= 4 is 11.6 Å². The second-order valence-electron chi connectivity index (χ2n) is 2.70. The zero-order valence-corrected chi connectivity index (χ0v) is 7.64. The molecule has 1 aromatic rings. The minimum atomic E-state index is -0.512. The van der Waals surface area contributed by atoms with Gasteiger partial charge in [0.2, 0.25) is 5.91 Å².